The minimum absolute atomic E-state index is 0.224. The van der Waals surface area contributed by atoms with Gasteiger partial charge in [-0.3, -0.25) is 9.69 Å². The van der Waals surface area contributed by atoms with E-state index >= 15 is 0 Å². The zero-order chi connectivity index (χ0) is 12.5. The molecule has 0 spiro atoms. The van der Waals surface area contributed by atoms with Crippen LogP contribution in [0.15, 0.2) is 0 Å². The number of rotatable bonds is 2. The topological polar surface area (TPSA) is 49.8 Å². The number of carbonyl (C=O) groups is 1. The maximum absolute atomic E-state index is 11.8. The first-order valence-electron chi connectivity index (χ1n) is 6.63. The van der Waals surface area contributed by atoms with Crippen LogP contribution in [0.4, 0.5) is 0 Å². The summed E-state index contributed by atoms with van der Waals surface area (Å²) in [4.78, 5) is 14.0. The third-order valence-corrected chi connectivity index (χ3v) is 4.54. The summed E-state index contributed by atoms with van der Waals surface area (Å²) in [7, 11) is 0. The molecule has 1 N–H and O–H groups in total. The van der Waals surface area contributed by atoms with Gasteiger partial charge in [0.15, 0.2) is 0 Å². The number of hydrogen-bond acceptors (Lipinski definition) is 3. The maximum Gasteiger partial charge on any atom is 0.324 e. The lowest BCUT2D eigenvalue weighted by Crippen LogP contribution is -2.63. The molecule has 3 unspecified atom stereocenters. The Morgan fingerprint density at radius 1 is 1.35 bits per heavy atom. The van der Waals surface area contributed by atoms with Gasteiger partial charge in [-0.1, -0.05) is 13.8 Å². The minimum Gasteiger partial charge on any atom is -0.480 e. The highest BCUT2D eigenvalue weighted by atomic mass is 16.5. The Labute approximate surface area is 103 Å². The van der Waals surface area contributed by atoms with Gasteiger partial charge in [-0.25, -0.2) is 0 Å². The molecule has 0 radical (unpaired) electrons. The quantitative estimate of drug-likeness (QED) is 0.797. The van der Waals surface area contributed by atoms with Crippen molar-refractivity contribution >= 4 is 5.97 Å². The van der Waals surface area contributed by atoms with Gasteiger partial charge in [0.2, 0.25) is 0 Å². The highest BCUT2D eigenvalue weighted by molar-refractivity contribution is 5.79. The summed E-state index contributed by atoms with van der Waals surface area (Å²) in [5.74, 6) is 0.235. The van der Waals surface area contributed by atoms with Crippen molar-refractivity contribution in [2.24, 2.45) is 11.8 Å². The van der Waals surface area contributed by atoms with Crippen LogP contribution in [-0.4, -0.2) is 47.8 Å². The molecule has 1 aliphatic carbocycles. The van der Waals surface area contributed by atoms with Gasteiger partial charge < -0.3 is 9.84 Å². The molecule has 1 saturated heterocycles. The predicted octanol–water partition coefficient (Wildman–Crippen LogP) is 1.60. The highest BCUT2D eigenvalue weighted by Crippen LogP contribution is 2.41. The fraction of sp³-hybridized carbons (Fsp3) is 0.923. The molecule has 1 saturated carbocycles. The zero-order valence-corrected chi connectivity index (χ0v) is 10.8. The van der Waals surface area contributed by atoms with Crippen LogP contribution in [0.1, 0.15) is 33.1 Å². The van der Waals surface area contributed by atoms with Crippen molar-refractivity contribution in [1.82, 2.24) is 4.90 Å². The molecule has 0 aromatic carbocycles. The van der Waals surface area contributed by atoms with Gasteiger partial charge in [0, 0.05) is 13.1 Å². The number of hydrogen-bond donors (Lipinski definition) is 1. The van der Waals surface area contributed by atoms with Crippen LogP contribution in [0.25, 0.3) is 0 Å². The Hall–Kier alpha value is -0.610. The average molecular weight is 241 g/mol. The van der Waals surface area contributed by atoms with Crippen LogP contribution in [0.2, 0.25) is 0 Å². The van der Waals surface area contributed by atoms with Gasteiger partial charge in [-0.15, -0.1) is 0 Å². The first kappa shape index (κ1) is 12.8. The van der Waals surface area contributed by atoms with E-state index in [0.29, 0.717) is 19.1 Å². The second-order valence-corrected chi connectivity index (χ2v) is 5.61. The first-order chi connectivity index (χ1) is 8.07. The van der Waals surface area contributed by atoms with E-state index in [1.54, 1.807) is 0 Å². The van der Waals surface area contributed by atoms with Gasteiger partial charge >= 0.3 is 5.97 Å². The van der Waals surface area contributed by atoms with Crippen molar-refractivity contribution in [3.63, 3.8) is 0 Å². The third kappa shape index (κ3) is 2.20. The number of carboxylic acids is 1. The first-order valence-corrected chi connectivity index (χ1v) is 6.63. The fourth-order valence-electron chi connectivity index (χ4n) is 3.51. The van der Waals surface area contributed by atoms with E-state index < -0.39 is 11.5 Å². The summed E-state index contributed by atoms with van der Waals surface area (Å²) >= 11 is 0. The molecule has 0 aromatic rings. The molecule has 1 aliphatic heterocycles. The number of morpholine rings is 1. The zero-order valence-electron chi connectivity index (χ0n) is 10.8. The van der Waals surface area contributed by atoms with Gasteiger partial charge in [0.1, 0.15) is 5.54 Å². The van der Waals surface area contributed by atoms with Crippen LogP contribution in [0, 0.1) is 11.8 Å². The van der Waals surface area contributed by atoms with E-state index in [1.807, 2.05) is 0 Å². The molecule has 2 rings (SSSR count). The standard InChI is InChI=1S/C13H23NO3/c1-10-3-4-13(12(15)16,11(2)9-10)14-5-7-17-8-6-14/h10-11H,3-9H2,1-2H3,(H,15,16). The van der Waals surface area contributed by atoms with Crippen LogP contribution in [-0.2, 0) is 9.53 Å². The SMILES string of the molecule is CC1CCC(C(=O)O)(N2CCOCC2)C(C)C1. The third-order valence-electron chi connectivity index (χ3n) is 4.54. The van der Waals surface area contributed by atoms with E-state index in [1.165, 1.54) is 0 Å². The second kappa shape index (κ2) is 4.94. The Kier molecular flexibility index (Phi) is 3.73. The molecular formula is C13H23NO3. The molecule has 0 bridgehead atoms. The van der Waals surface area contributed by atoms with Crippen molar-refractivity contribution in [3.8, 4) is 0 Å². The minimum atomic E-state index is -0.643. The van der Waals surface area contributed by atoms with Gasteiger partial charge in [-0.2, -0.15) is 0 Å². The Bertz CT molecular complexity index is 288. The van der Waals surface area contributed by atoms with E-state index in [-0.39, 0.29) is 5.92 Å². The number of ether oxygens (including phenoxy) is 1. The molecule has 1 heterocycles. The normalized spacial score (nSPS) is 40.1. The number of aliphatic carboxylic acids is 1. The number of carboxylic acid groups (broad SMARTS) is 1. The Morgan fingerprint density at radius 2 is 2.00 bits per heavy atom. The van der Waals surface area contributed by atoms with Crippen LogP contribution >= 0.6 is 0 Å². The largest absolute Gasteiger partial charge is 0.480 e. The molecule has 0 amide bonds. The van der Waals surface area contributed by atoms with Crippen molar-refractivity contribution in [2.45, 2.75) is 38.6 Å². The maximum atomic E-state index is 11.8. The van der Waals surface area contributed by atoms with E-state index in [2.05, 4.69) is 18.7 Å². The average Bonchev–Trinajstić information content (AvgIpc) is 2.30. The molecule has 0 aromatic heterocycles. The number of nitrogens with zero attached hydrogens (tertiary/aromatic N) is 1. The monoisotopic (exact) mass is 241 g/mol. The predicted molar refractivity (Wildman–Crippen MR) is 64.9 cm³/mol. The Morgan fingerprint density at radius 3 is 2.53 bits per heavy atom. The molecule has 3 atom stereocenters. The summed E-state index contributed by atoms with van der Waals surface area (Å²) in [6.45, 7) is 7.16. The van der Waals surface area contributed by atoms with Crippen LogP contribution in [0.3, 0.4) is 0 Å². The molecule has 2 fully saturated rings. The molecule has 4 nitrogen and oxygen atoms in total. The van der Waals surface area contributed by atoms with Gasteiger partial charge in [0.25, 0.3) is 0 Å². The molecule has 17 heavy (non-hydrogen) atoms. The van der Waals surface area contributed by atoms with E-state index in [0.717, 1.165) is 32.4 Å². The molecule has 98 valence electrons. The van der Waals surface area contributed by atoms with Crippen LogP contribution in [0.5, 0.6) is 0 Å². The van der Waals surface area contributed by atoms with Crippen molar-refractivity contribution in [3.05, 3.63) is 0 Å². The summed E-state index contributed by atoms with van der Waals surface area (Å²) in [5.41, 5.74) is -0.643. The lowest BCUT2D eigenvalue weighted by molar-refractivity contribution is -0.164. The smallest absolute Gasteiger partial charge is 0.324 e. The lowest BCUT2D eigenvalue weighted by atomic mass is 9.69. The summed E-state index contributed by atoms with van der Waals surface area (Å²) in [5, 5.41) is 9.72. The molecule has 2 aliphatic rings. The van der Waals surface area contributed by atoms with Crippen molar-refractivity contribution < 1.29 is 14.6 Å². The van der Waals surface area contributed by atoms with E-state index in [4.69, 9.17) is 4.74 Å². The van der Waals surface area contributed by atoms with Gasteiger partial charge in [0.05, 0.1) is 13.2 Å². The Balaban J connectivity index is 2.22. The van der Waals surface area contributed by atoms with Gasteiger partial charge in [-0.05, 0) is 31.1 Å². The van der Waals surface area contributed by atoms with Crippen molar-refractivity contribution in [1.29, 1.82) is 0 Å². The molecular weight excluding hydrogens is 218 g/mol. The summed E-state index contributed by atoms with van der Waals surface area (Å²) in [6, 6.07) is 0. The highest BCUT2D eigenvalue weighted by Gasteiger charge is 2.51. The summed E-state index contributed by atoms with van der Waals surface area (Å²) in [6.07, 6.45) is 2.82. The fourth-order valence-corrected chi connectivity index (χ4v) is 3.51. The lowest BCUT2D eigenvalue weighted by Gasteiger charge is -2.49. The molecule has 4 heteroatoms. The van der Waals surface area contributed by atoms with Crippen molar-refractivity contribution in [2.75, 3.05) is 26.3 Å². The van der Waals surface area contributed by atoms with E-state index in [9.17, 15) is 9.90 Å². The second-order valence-electron chi connectivity index (χ2n) is 5.61. The summed E-state index contributed by atoms with van der Waals surface area (Å²) < 4.78 is 5.34. The van der Waals surface area contributed by atoms with Crippen LogP contribution < -0.4 is 0 Å².